The van der Waals surface area contributed by atoms with E-state index in [1.165, 1.54) is 12.1 Å². The number of halogens is 1. The van der Waals surface area contributed by atoms with Crippen molar-refractivity contribution in [3.63, 3.8) is 0 Å². The lowest BCUT2D eigenvalue weighted by Gasteiger charge is -2.14. The quantitative estimate of drug-likeness (QED) is 0.590. The number of sulfonamides is 1. The molecule has 12 heteroatoms. The van der Waals surface area contributed by atoms with E-state index >= 15 is 0 Å². The van der Waals surface area contributed by atoms with Gasteiger partial charge in [-0.25, -0.2) is 22.0 Å². The van der Waals surface area contributed by atoms with Gasteiger partial charge in [-0.2, -0.15) is 0 Å². The van der Waals surface area contributed by atoms with E-state index in [0.29, 0.717) is 6.54 Å². The Morgan fingerprint density at radius 3 is 2.48 bits per heavy atom. The van der Waals surface area contributed by atoms with Crippen molar-refractivity contribution in [3.05, 3.63) is 39.6 Å². The van der Waals surface area contributed by atoms with Crippen LogP contribution >= 0.6 is 19.3 Å². The fraction of sp³-hybridized carbons (Fsp3) is 0.308. The molecule has 1 heterocycles. The highest BCUT2D eigenvalue weighted by Gasteiger charge is 2.24. The Morgan fingerprint density at radius 1 is 1.28 bits per heavy atom. The molecule has 1 aromatic heterocycles. The van der Waals surface area contributed by atoms with Crippen LogP contribution in [-0.4, -0.2) is 54.6 Å². The number of pyridine rings is 1. The van der Waals surface area contributed by atoms with Crippen molar-refractivity contribution < 1.29 is 22.8 Å². The number of rotatable bonds is 6. The third-order valence-corrected chi connectivity index (χ3v) is 6.18. The molecule has 0 bridgehead atoms. The summed E-state index contributed by atoms with van der Waals surface area (Å²) in [5.74, 6) is 0. The highest BCUT2D eigenvalue weighted by atomic mass is 35.5. The van der Waals surface area contributed by atoms with Crippen molar-refractivity contribution in [2.45, 2.75) is 4.90 Å². The van der Waals surface area contributed by atoms with Gasteiger partial charge in [0.2, 0.25) is 10.0 Å². The molecule has 1 aromatic carbocycles. The van der Waals surface area contributed by atoms with E-state index in [9.17, 15) is 27.6 Å². The number of nitrogens with one attached hydrogen (secondary N) is 1. The monoisotopic (exact) mass is 409 g/mol. The molecule has 0 fully saturated rings. The summed E-state index contributed by atoms with van der Waals surface area (Å²) >= 11 is 6.01. The first-order valence-corrected chi connectivity index (χ1v) is 10.4. The van der Waals surface area contributed by atoms with Crippen LogP contribution in [0.15, 0.2) is 34.0 Å². The van der Waals surface area contributed by atoms with E-state index in [4.69, 9.17) is 11.6 Å². The number of nitrogens with zero attached hydrogens (tertiary/aromatic N) is 2. The highest BCUT2D eigenvalue weighted by molar-refractivity contribution is 7.89. The van der Waals surface area contributed by atoms with Gasteiger partial charge in [0.25, 0.3) is 5.56 Å². The van der Waals surface area contributed by atoms with Gasteiger partial charge in [-0.05, 0) is 32.3 Å². The number of benzene rings is 1. The molecule has 0 aliphatic rings. The van der Waals surface area contributed by atoms with E-state index in [-0.39, 0.29) is 31.7 Å². The summed E-state index contributed by atoms with van der Waals surface area (Å²) in [5, 5.41) is -0.0991. The maximum atomic E-state index is 12.4. The molecule has 0 radical (unpaired) electrons. The predicted octanol–water partition coefficient (Wildman–Crippen LogP) is 0.436. The Balaban J connectivity index is 2.59. The minimum Gasteiger partial charge on any atom is -0.308 e. The van der Waals surface area contributed by atoms with Crippen LogP contribution in [-0.2, 0) is 14.6 Å². The van der Waals surface area contributed by atoms with Gasteiger partial charge >= 0.3 is 7.75 Å². The first-order valence-electron chi connectivity index (χ1n) is 6.99. The Labute approximate surface area is 149 Å². The average molecular weight is 410 g/mol. The highest BCUT2D eigenvalue weighted by Crippen LogP contribution is 2.39. The second-order valence-electron chi connectivity index (χ2n) is 5.54. The van der Waals surface area contributed by atoms with Crippen LogP contribution in [0.2, 0.25) is 5.02 Å². The van der Waals surface area contributed by atoms with Crippen LogP contribution in [0.4, 0.5) is 0 Å². The Morgan fingerprint density at radius 2 is 1.92 bits per heavy atom. The Kier molecular flexibility index (Phi) is 5.75. The van der Waals surface area contributed by atoms with E-state index in [0.717, 1.165) is 12.1 Å². The van der Waals surface area contributed by atoms with Crippen LogP contribution in [0.25, 0.3) is 10.9 Å². The lowest BCUT2D eigenvalue weighted by Crippen LogP contribution is -2.31. The van der Waals surface area contributed by atoms with Crippen molar-refractivity contribution in [1.82, 2.24) is 14.0 Å². The summed E-state index contributed by atoms with van der Waals surface area (Å²) < 4.78 is 39.0. The van der Waals surface area contributed by atoms with Gasteiger partial charge in [0.05, 0.1) is 10.5 Å². The lowest BCUT2D eigenvalue weighted by molar-refractivity contribution is 0.361. The average Bonchev–Trinajstić information content (AvgIpc) is 2.44. The second kappa shape index (κ2) is 7.16. The molecule has 2 rings (SSSR count). The molecular formula is C13H17ClN3O6PS. The van der Waals surface area contributed by atoms with Gasteiger partial charge in [0.1, 0.15) is 4.90 Å². The Bertz CT molecular complexity index is 1010. The third kappa shape index (κ3) is 4.48. The smallest absolute Gasteiger partial charge is 0.308 e. The van der Waals surface area contributed by atoms with Crippen molar-refractivity contribution in [3.8, 4) is 0 Å². The van der Waals surface area contributed by atoms with Gasteiger partial charge in [-0.3, -0.25) is 4.79 Å². The van der Waals surface area contributed by atoms with Gasteiger partial charge in [0.15, 0.2) is 0 Å². The number of aromatic nitrogens is 1. The zero-order valence-corrected chi connectivity index (χ0v) is 15.8. The molecule has 0 aliphatic carbocycles. The van der Waals surface area contributed by atoms with Crippen LogP contribution in [0, 0.1) is 0 Å². The number of hydrogen-bond acceptors (Lipinski definition) is 5. The van der Waals surface area contributed by atoms with Crippen molar-refractivity contribution in [2.75, 3.05) is 27.2 Å². The molecule has 0 unspecified atom stereocenters. The zero-order chi connectivity index (χ0) is 19.0. The topological polar surface area (TPSA) is 129 Å². The summed E-state index contributed by atoms with van der Waals surface area (Å²) in [6.07, 6.45) is 0. The van der Waals surface area contributed by atoms with Crippen molar-refractivity contribution >= 4 is 40.3 Å². The maximum absolute atomic E-state index is 12.4. The molecule has 25 heavy (non-hydrogen) atoms. The van der Waals surface area contributed by atoms with Crippen LogP contribution in [0.1, 0.15) is 0 Å². The van der Waals surface area contributed by atoms with Gasteiger partial charge in [0, 0.05) is 24.5 Å². The lowest BCUT2D eigenvalue weighted by atomic mass is 10.2. The first kappa shape index (κ1) is 20.1. The molecule has 0 saturated carbocycles. The largest absolute Gasteiger partial charge is 0.437 e. The zero-order valence-electron chi connectivity index (χ0n) is 13.4. The summed E-state index contributed by atoms with van der Waals surface area (Å²) in [7, 11) is -5.28. The molecule has 9 nitrogen and oxygen atoms in total. The normalized spacial score (nSPS) is 12.9. The number of hydrogen-bond donors (Lipinski definition) is 3. The molecule has 2 aromatic rings. The molecular weight excluding hydrogens is 393 g/mol. The van der Waals surface area contributed by atoms with Gasteiger partial charge in [-0.15, -0.1) is 0 Å². The van der Waals surface area contributed by atoms with Gasteiger partial charge in [-0.1, -0.05) is 11.6 Å². The molecule has 138 valence electrons. The maximum Gasteiger partial charge on any atom is 0.437 e. The third-order valence-electron chi connectivity index (χ3n) is 3.32. The van der Waals surface area contributed by atoms with Crippen molar-refractivity contribution in [2.24, 2.45) is 0 Å². The fourth-order valence-electron chi connectivity index (χ4n) is 2.18. The fourth-order valence-corrected chi connectivity index (χ4v) is 4.54. The van der Waals surface area contributed by atoms with Crippen LogP contribution < -0.4 is 10.3 Å². The molecule has 0 spiro atoms. The number of fused-ring (bicyclic) bond motifs is 1. The summed E-state index contributed by atoms with van der Waals surface area (Å²) in [6.45, 7) is 0.633. The predicted molar refractivity (Wildman–Crippen MR) is 94.4 cm³/mol. The second-order valence-corrected chi connectivity index (χ2v) is 9.11. The Hall–Kier alpha value is -1.26. The van der Waals surface area contributed by atoms with E-state index in [1.807, 2.05) is 0 Å². The summed E-state index contributed by atoms with van der Waals surface area (Å²) in [5.41, 5.74) is -1.07. The molecule has 3 N–H and O–H groups in total. The standard InChI is InChI=1S/C13H17ClN3O6PS/c1-16(2)6-5-15-25(22,23)12-7-9-3-4-13(18)17(24(19,20)21)11(9)8-10(12)14/h3-4,7-8,15H,5-6H2,1-2H3,(H2,19,20,21). The van der Waals surface area contributed by atoms with Gasteiger partial charge < -0.3 is 14.7 Å². The van der Waals surface area contributed by atoms with Crippen LogP contribution in [0.5, 0.6) is 0 Å². The SMILES string of the molecule is CN(C)CCNS(=O)(=O)c1cc2ccc(=O)n(P(=O)(O)O)c2cc1Cl. The van der Waals surface area contributed by atoms with E-state index in [2.05, 4.69) is 4.72 Å². The number of likely N-dealkylation sites (N-methyl/N-ethyl adjacent to an activating group) is 1. The van der Waals surface area contributed by atoms with Crippen molar-refractivity contribution in [1.29, 1.82) is 0 Å². The first-order chi connectivity index (χ1) is 11.4. The minimum atomic E-state index is -4.93. The summed E-state index contributed by atoms with van der Waals surface area (Å²) in [4.78, 5) is 32.0. The summed E-state index contributed by atoms with van der Waals surface area (Å²) in [6, 6.07) is 4.45. The minimum absolute atomic E-state index is 0.153. The van der Waals surface area contributed by atoms with Crippen LogP contribution in [0.3, 0.4) is 0 Å². The molecule has 0 amide bonds. The molecule has 0 aliphatic heterocycles. The molecule has 0 atom stereocenters. The van der Waals surface area contributed by atoms with E-state index in [1.54, 1.807) is 19.0 Å². The van der Waals surface area contributed by atoms with E-state index < -0.39 is 23.3 Å². The molecule has 0 saturated heterocycles.